The zero-order valence-electron chi connectivity index (χ0n) is 10.1. The highest BCUT2D eigenvalue weighted by Gasteiger charge is 2.29. The van der Waals surface area contributed by atoms with Crippen LogP contribution in [0.1, 0.15) is 31.3 Å². The molecule has 7 heteroatoms. The monoisotopic (exact) mass is 254 g/mol. The van der Waals surface area contributed by atoms with E-state index in [4.69, 9.17) is 9.47 Å². The van der Waals surface area contributed by atoms with Crippen molar-refractivity contribution in [3.05, 3.63) is 33.6 Å². The first kappa shape index (κ1) is 12.7. The second-order valence-electron chi connectivity index (χ2n) is 4.50. The molecule has 0 saturated carbocycles. The summed E-state index contributed by atoms with van der Waals surface area (Å²) in [6.45, 7) is 3.25. The minimum absolute atomic E-state index is 0.248. The highest BCUT2D eigenvalue weighted by atomic mass is 16.7. The summed E-state index contributed by atoms with van der Waals surface area (Å²) < 4.78 is 10.9. The van der Waals surface area contributed by atoms with Crippen LogP contribution in [-0.2, 0) is 11.3 Å². The first-order chi connectivity index (χ1) is 8.37. The highest BCUT2D eigenvalue weighted by molar-refractivity contribution is 5.31. The van der Waals surface area contributed by atoms with Crippen LogP contribution >= 0.6 is 0 Å². The van der Waals surface area contributed by atoms with E-state index in [9.17, 15) is 15.2 Å². The number of rotatable bonds is 3. The van der Waals surface area contributed by atoms with Crippen LogP contribution in [-0.4, -0.2) is 27.3 Å². The van der Waals surface area contributed by atoms with Gasteiger partial charge in [-0.2, -0.15) is 0 Å². The first-order valence-electron chi connectivity index (χ1n) is 5.50. The molecule has 1 aromatic rings. The van der Waals surface area contributed by atoms with E-state index < -0.39 is 23.4 Å². The Morgan fingerprint density at radius 2 is 2.33 bits per heavy atom. The van der Waals surface area contributed by atoms with Crippen molar-refractivity contribution >= 4 is 0 Å². The Balaban J connectivity index is 2.21. The van der Waals surface area contributed by atoms with E-state index in [1.807, 2.05) is 0 Å². The SMILES string of the molecule is CC1(C)OCc2nc(C(O)C[N+](=O)[O-])ccc2O1. The molecule has 0 amide bonds. The zero-order chi connectivity index (χ0) is 13.3. The number of pyridine rings is 1. The molecule has 1 atom stereocenters. The van der Waals surface area contributed by atoms with Gasteiger partial charge in [-0.15, -0.1) is 0 Å². The second kappa shape index (κ2) is 4.51. The molecule has 1 unspecified atom stereocenters. The Hall–Kier alpha value is -1.73. The maximum absolute atomic E-state index is 10.3. The van der Waals surface area contributed by atoms with E-state index in [1.54, 1.807) is 19.9 Å². The third-order valence-electron chi connectivity index (χ3n) is 2.53. The predicted molar refractivity (Wildman–Crippen MR) is 60.6 cm³/mol. The van der Waals surface area contributed by atoms with Gasteiger partial charge in [-0.1, -0.05) is 0 Å². The number of aliphatic hydroxyl groups is 1. The standard InChI is InChI=1S/C11H14N2O5/c1-11(2)17-6-8-10(18-11)4-3-7(12-8)9(14)5-13(15)16/h3-4,9,14H,5-6H2,1-2H3. The topological polar surface area (TPSA) is 94.7 Å². The third kappa shape index (κ3) is 2.74. The quantitative estimate of drug-likeness (QED) is 0.639. The largest absolute Gasteiger partial charge is 0.461 e. The molecule has 1 aliphatic heterocycles. The Labute approximate surface area is 104 Å². The number of fused-ring (bicyclic) bond motifs is 1. The van der Waals surface area contributed by atoms with Crippen LogP contribution in [0, 0.1) is 10.1 Å². The molecule has 1 N–H and O–H groups in total. The molecule has 2 rings (SSSR count). The number of nitro groups is 1. The first-order valence-corrected chi connectivity index (χ1v) is 5.50. The minimum Gasteiger partial charge on any atom is -0.461 e. The Kier molecular flexibility index (Phi) is 3.18. The van der Waals surface area contributed by atoms with Crippen LogP contribution < -0.4 is 4.74 Å². The fourth-order valence-electron chi connectivity index (χ4n) is 1.66. The molecular weight excluding hydrogens is 240 g/mol. The van der Waals surface area contributed by atoms with E-state index in [-0.39, 0.29) is 12.3 Å². The van der Waals surface area contributed by atoms with E-state index in [0.29, 0.717) is 11.4 Å². The number of nitrogens with zero attached hydrogens (tertiary/aromatic N) is 2. The van der Waals surface area contributed by atoms with Gasteiger partial charge in [0.25, 0.3) is 0 Å². The van der Waals surface area contributed by atoms with Crippen molar-refractivity contribution in [3.8, 4) is 5.75 Å². The fourth-order valence-corrected chi connectivity index (χ4v) is 1.66. The van der Waals surface area contributed by atoms with Crippen molar-refractivity contribution in [1.82, 2.24) is 4.98 Å². The van der Waals surface area contributed by atoms with E-state index >= 15 is 0 Å². The van der Waals surface area contributed by atoms with Gasteiger partial charge >= 0.3 is 0 Å². The van der Waals surface area contributed by atoms with Gasteiger partial charge in [0.2, 0.25) is 12.3 Å². The molecule has 98 valence electrons. The van der Waals surface area contributed by atoms with Gasteiger partial charge in [-0.05, 0) is 12.1 Å². The molecule has 1 aromatic heterocycles. The van der Waals surface area contributed by atoms with Gasteiger partial charge in [-0.25, -0.2) is 4.98 Å². The summed E-state index contributed by atoms with van der Waals surface area (Å²) in [5.74, 6) is -0.140. The predicted octanol–water partition coefficient (Wildman–Crippen LogP) is 1.04. The van der Waals surface area contributed by atoms with Gasteiger partial charge in [0.1, 0.15) is 11.4 Å². The number of hydrogen-bond donors (Lipinski definition) is 1. The van der Waals surface area contributed by atoms with Crippen molar-refractivity contribution in [1.29, 1.82) is 0 Å². The van der Waals surface area contributed by atoms with Crippen LogP contribution in [0.15, 0.2) is 12.1 Å². The number of aliphatic hydroxyl groups excluding tert-OH is 1. The van der Waals surface area contributed by atoms with E-state index in [0.717, 1.165) is 0 Å². The van der Waals surface area contributed by atoms with Crippen molar-refractivity contribution in [2.45, 2.75) is 32.3 Å². The van der Waals surface area contributed by atoms with Gasteiger partial charge < -0.3 is 14.6 Å². The lowest BCUT2D eigenvalue weighted by Gasteiger charge is -2.32. The van der Waals surface area contributed by atoms with Crippen molar-refractivity contribution in [2.24, 2.45) is 0 Å². The maximum Gasteiger partial charge on any atom is 0.235 e. The molecule has 0 aliphatic carbocycles. The summed E-state index contributed by atoms with van der Waals surface area (Å²) in [4.78, 5) is 13.9. The van der Waals surface area contributed by atoms with Crippen molar-refractivity contribution in [3.63, 3.8) is 0 Å². The lowest BCUT2D eigenvalue weighted by Crippen LogP contribution is -2.35. The Bertz CT molecular complexity index is 475. The third-order valence-corrected chi connectivity index (χ3v) is 2.53. The fraction of sp³-hybridized carbons (Fsp3) is 0.545. The smallest absolute Gasteiger partial charge is 0.235 e. The normalized spacial score (nSPS) is 18.6. The van der Waals surface area contributed by atoms with Gasteiger partial charge in [0, 0.05) is 18.8 Å². The highest BCUT2D eigenvalue weighted by Crippen LogP contribution is 2.30. The zero-order valence-corrected chi connectivity index (χ0v) is 10.1. The van der Waals surface area contributed by atoms with Crippen LogP contribution in [0.25, 0.3) is 0 Å². The Morgan fingerprint density at radius 1 is 1.61 bits per heavy atom. The van der Waals surface area contributed by atoms with E-state index in [2.05, 4.69) is 4.98 Å². The van der Waals surface area contributed by atoms with Crippen molar-refractivity contribution < 1.29 is 19.5 Å². The summed E-state index contributed by atoms with van der Waals surface area (Å²) in [5.41, 5.74) is 0.784. The summed E-state index contributed by atoms with van der Waals surface area (Å²) in [7, 11) is 0. The minimum atomic E-state index is -1.22. The molecule has 0 bridgehead atoms. The second-order valence-corrected chi connectivity index (χ2v) is 4.50. The summed E-state index contributed by atoms with van der Waals surface area (Å²) in [6.07, 6.45) is -1.22. The van der Waals surface area contributed by atoms with Gasteiger partial charge in [0.15, 0.2) is 6.10 Å². The van der Waals surface area contributed by atoms with Gasteiger partial charge in [0.05, 0.1) is 12.3 Å². The summed E-state index contributed by atoms with van der Waals surface area (Å²) in [6, 6.07) is 3.17. The number of hydrogen-bond acceptors (Lipinski definition) is 6. The summed E-state index contributed by atoms with van der Waals surface area (Å²) in [5, 5.41) is 19.9. The molecule has 18 heavy (non-hydrogen) atoms. The molecule has 0 saturated heterocycles. The van der Waals surface area contributed by atoms with Crippen LogP contribution in [0.2, 0.25) is 0 Å². The average Bonchev–Trinajstić information content (AvgIpc) is 2.26. The van der Waals surface area contributed by atoms with Crippen LogP contribution in [0.5, 0.6) is 5.75 Å². The van der Waals surface area contributed by atoms with Gasteiger partial charge in [-0.3, -0.25) is 10.1 Å². The molecule has 0 fully saturated rings. The summed E-state index contributed by atoms with van der Waals surface area (Å²) >= 11 is 0. The maximum atomic E-state index is 10.3. The molecular formula is C11H14N2O5. The van der Waals surface area contributed by atoms with E-state index in [1.165, 1.54) is 6.07 Å². The van der Waals surface area contributed by atoms with Crippen molar-refractivity contribution in [2.75, 3.05) is 6.54 Å². The van der Waals surface area contributed by atoms with Crippen LogP contribution in [0.4, 0.5) is 0 Å². The van der Waals surface area contributed by atoms with Crippen LogP contribution in [0.3, 0.4) is 0 Å². The molecule has 2 heterocycles. The average molecular weight is 254 g/mol. The number of ether oxygens (including phenoxy) is 2. The number of aromatic nitrogens is 1. The molecule has 0 aromatic carbocycles. The molecule has 1 aliphatic rings. The molecule has 0 radical (unpaired) electrons. The molecule has 7 nitrogen and oxygen atoms in total. The lowest BCUT2D eigenvalue weighted by molar-refractivity contribution is -0.491. The molecule has 0 spiro atoms. The Morgan fingerprint density at radius 3 is 3.00 bits per heavy atom. The lowest BCUT2D eigenvalue weighted by atomic mass is 10.2.